The molecule has 0 saturated carbocycles. The molecular formula is C16H25NO2. The van der Waals surface area contributed by atoms with Gasteiger partial charge in [0.25, 0.3) is 0 Å². The second-order valence-electron chi connectivity index (χ2n) is 5.25. The highest BCUT2D eigenvalue weighted by atomic mass is 16.5. The van der Waals surface area contributed by atoms with E-state index in [2.05, 4.69) is 30.4 Å². The van der Waals surface area contributed by atoms with Crippen LogP contribution in [0.15, 0.2) is 24.3 Å². The van der Waals surface area contributed by atoms with Gasteiger partial charge < -0.3 is 14.8 Å². The highest BCUT2D eigenvalue weighted by molar-refractivity contribution is 5.39. The minimum Gasteiger partial charge on any atom is -0.493 e. The van der Waals surface area contributed by atoms with Crippen molar-refractivity contribution in [2.45, 2.75) is 25.7 Å². The first kappa shape index (κ1) is 14.4. The zero-order valence-corrected chi connectivity index (χ0v) is 12.0. The molecule has 2 unspecified atom stereocenters. The highest BCUT2D eigenvalue weighted by Crippen LogP contribution is 2.37. The van der Waals surface area contributed by atoms with Crippen molar-refractivity contribution < 1.29 is 9.47 Å². The van der Waals surface area contributed by atoms with Crippen LogP contribution in [-0.4, -0.2) is 33.4 Å². The molecule has 106 valence electrons. The van der Waals surface area contributed by atoms with Crippen molar-refractivity contribution in [2.75, 3.05) is 33.4 Å². The zero-order chi connectivity index (χ0) is 13.5. The summed E-state index contributed by atoms with van der Waals surface area (Å²) < 4.78 is 10.8. The van der Waals surface area contributed by atoms with Crippen LogP contribution in [0.5, 0.6) is 5.75 Å². The van der Waals surface area contributed by atoms with Crippen molar-refractivity contribution in [3.63, 3.8) is 0 Å². The Hall–Kier alpha value is -1.06. The molecule has 0 spiro atoms. The normalized spacial score (nSPS) is 18.9. The van der Waals surface area contributed by atoms with Crippen molar-refractivity contribution in [3.8, 4) is 5.75 Å². The van der Waals surface area contributed by atoms with Crippen molar-refractivity contribution >= 4 is 0 Å². The molecule has 2 rings (SSSR count). The van der Waals surface area contributed by atoms with Gasteiger partial charge in [-0.2, -0.15) is 0 Å². The summed E-state index contributed by atoms with van der Waals surface area (Å²) in [5, 5.41) is 3.47. The monoisotopic (exact) mass is 263 g/mol. The van der Waals surface area contributed by atoms with Crippen LogP contribution in [0.2, 0.25) is 0 Å². The molecular weight excluding hydrogens is 238 g/mol. The molecule has 0 bridgehead atoms. The summed E-state index contributed by atoms with van der Waals surface area (Å²) in [4.78, 5) is 0. The third-order valence-corrected chi connectivity index (χ3v) is 3.91. The predicted octanol–water partition coefficient (Wildman–Crippen LogP) is 2.81. The Morgan fingerprint density at radius 2 is 2.26 bits per heavy atom. The van der Waals surface area contributed by atoms with E-state index < -0.39 is 0 Å². The van der Waals surface area contributed by atoms with E-state index in [-0.39, 0.29) is 0 Å². The average molecular weight is 263 g/mol. The Bertz CT molecular complexity index is 381. The standard InChI is InChI=1S/C16H25NO2/c1-3-13(11-17-8-9-18-2)10-14-12-19-16-7-5-4-6-15(14)16/h4-7,13-14,17H,3,8-12H2,1-2H3. The molecule has 1 aromatic rings. The lowest BCUT2D eigenvalue weighted by Crippen LogP contribution is -2.27. The van der Waals surface area contributed by atoms with Crippen LogP contribution in [-0.2, 0) is 4.74 Å². The maximum atomic E-state index is 5.76. The van der Waals surface area contributed by atoms with Gasteiger partial charge in [-0.05, 0) is 24.9 Å². The fraction of sp³-hybridized carbons (Fsp3) is 0.625. The van der Waals surface area contributed by atoms with Crippen molar-refractivity contribution in [3.05, 3.63) is 29.8 Å². The number of hydrogen-bond donors (Lipinski definition) is 1. The Kier molecular flexibility index (Phi) is 5.67. The van der Waals surface area contributed by atoms with E-state index in [4.69, 9.17) is 9.47 Å². The number of hydrogen-bond acceptors (Lipinski definition) is 3. The van der Waals surface area contributed by atoms with E-state index in [9.17, 15) is 0 Å². The molecule has 0 saturated heterocycles. The van der Waals surface area contributed by atoms with Crippen LogP contribution in [0, 0.1) is 5.92 Å². The summed E-state index contributed by atoms with van der Waals surface area (Å²) in [7, 11) is 1.74. The minimum atomic E-state index is 0.561. The van der Waals surface area contributed by atoms with Gasteiger partial charge in [-0.25, -0.2) is 0 Å². The first-order valence-corrected chi connectivity index (χ1v) is 7.26. The lowest BCUT2D eigenvalue weighted by molar-refractivity contribution is 0.196. The molecule has 2 atom stereocenters. The SMILES string of the molecule is CCC(CNCCOC)CC1COc2ccccc21. The number of para-hydroxylation sites is 1. The minimum absolute atomic E-state index is 0.561. The van der Waals surface area contributed by atoms with E-state index in [0.717, 1.165) is 32.1 Å². The van der Waals surface area contributed by atoms with Gasteiger partial charge in [0.1, 0.15) is 5.75 Å². The molecule has 0 aliphatic carbocycles. The number of methoxy groups -OCH3 is 1. The molecule has 0 aromatic heterocycles. The van der Waals surface area contributed by atoms with Crippen LogP contribution in [0.1, 0.15) is 31.2 Å². The Morgan fingerprint density at radius 1 is 1.42 bits per heavy atom. The number of fused-ring (bicyclic) bond motifs is 1. The first-order chi connectivity index (χ1) is 9.35. The second kappa shape index (κ2) is 7.51. The van der Waals surface area contributed by atoms with E-state index >= 15 is 0 Å². The first-order valence-electron chi connectivity index (χ1n) is 7.26. The Labute approximate surface area is 116 Å². The van der Waals surface area contributed by atoms with Gasteiger partial charge >= 0.3 is 0 Å². The number of benzene rings is 1. The van der Waals surface area contributed by atoms with Gasteiger partial charge in [0.15, 0.2) is 0 Å². The summed E-state index contributed by atoms with van der Waals surface area (Å²) in [6.07, 6.45) is 2.41. The largest absolute Gasteiger partial charge is 0.493 e. The molecule has 1 aliphatic heterocycles. The molecule has 0 amide bonds. The van der Waals surface area contributed by atoms with E-state index in [1.807, 2.05) is 6.07 Å². The van der Waals surface area contributed by atoms with Gasteiger partial charge in [0.05, 0.1) is 13.2 Å². The van der Waals surface area contributed by atoms with Crippen LogP contribution < -0.4 is 10.1 Å². The van der Waals surface area contributed by atoms with E-state index in [1.165, 1.54) is 18.4 Å². The van der Waals surface area contributed by atoms with Gasteiger partial charge in [0.2, 0.25) is 0 Å². The van der Waals surface area contributed by atoms with Crippen molar-refractivity contribution in [2.24, 2.45) is 5.92 Å². The fourth-order valence-corrected chi connectivity index (χ4v) is 2.70. The third-order valence-electron chi connectivity index (χ3n) is 3.91. The quantitative estimate of drug-likeness (QED) is 0.732. The van der Waals surface area contributed by atoms with Crippen molar-refractivity contribution in [1.82, 2.24) is 5.32 Å². The van der Waals surface area contributed by atoms with E-state index in [0.29, 0.717) is 11.8 Å². The smallest absolute Gasteiger partial charge is 0.122 e. The summed E-state index contributed by atoms with van der Waals surface area (Å²) in [5.41, 5.74) is 1.39. The predicted molar refractivity (Wildman–Crippen MR) is 77.8 cm³/mol. The molecule has 19 heavy (non-hydrogen) atoms. The molecule has 1 aliphatic rings. The topological polar surface area (TPSA) is 30.5 Å². The molecule has 0 radical (unpaired) electrons. The van der Waals surface area contributed by atoms with Gasteiger partial charge in [-0.15, -0.1) is 0 Å². The van der Waals surface area contributed by atoms with Crippen LogP contribution in [0.4, 0.5) is 0 Å². The maximum Gasteiger partial charge on any atom is 0.122 e. The number of rotatable bonds is 8. The molecule has 3 heteroatoms. The molecule has 3 nitrogen and oxygen atoms in total. The Balaban J connectivity index is 1.82. The molecule has 1 N–H and O–H groups in total. The Morgan fingerprint density at radius 3 is 3.05 bits per heavy atom. The average Bonchev–Trinajstić information content (AvgIpc) is 2.85. The lowest BCUT2D eigenvalue weighted by Gasteiger charge is -2.19. The van der Waals surface area contributed by atoms with Gasteiger partial charge in [-0.1, -0.05) is 31.5 Å². The fourth-order valence-electron chi connectivity index (χ4n) is 2.70. The highest BCUT2D eigenvalue weighted by Gasteiger charge is 2.25. The van der Waals surface area contributed by atoms with Gasteiger partial charge in [0, 0.05) is 25.1 Å². The summed E-state index contributed by atoms with van der Waals surface area (Å²) >= 11 is 0. The van der Waals surface area contributed by atoms with E-state index in [1.54, 1.807) is 7.11 Å². The van der Waals surface area contributed by atoms with Crippen LogP contribution in [0.3, 0.4) is 0 Å². The summed E-state index contributed by atoms with van der Waals surface area (Å²) in [6.45, 7) is 5.90. The number of nitrogens with one attached hydrogen (secondary N) is 1. The summed E-state index contributed by atoms with van der Waals surface area (Å²) in [6, 6.07) is 8.44. The van der Waals surface area contributed by atoms with Crippen LogP contribution in [0.25, 0.3) is 0 Å². The van der Waals surface area contributed by atoms with Crippen molar-refractivity contribution in [1.29, 1.82) is 0 Å². The van der Waals surface area contributed by atoms with Crippen LogP contribution >= 0.6 is 0 Å². The zero-order valence-electron chi connectivity index (χ0n) is 12.0. The molecule has 0 fully saturated rings. The molecule has 1 heterocycles. The third kappa shape index (κ3) is 3.95. The lowest BCUT2D eigenvalue weighted by atomic mass is 9.89. The molecule has 1 aromatic carbocycles. The number of ether oxygens (including phenoxy) is 2. The summed E-state index contributed by atoms with van der Waals surface area (Å²) in [5.74, 6) is 2.34. The maximum absolute atomic E-state index is 5.76. The van der Waals surface area contributed by atoms with Gasteiger partial charge in [-0.3, -0.25) is 0 Å². The second-order valence-corrected chi connectivity index (χ2v) is 5.25.